The quantitative estimate of drug-likeness (QED) is 0.864. The Morgan fingerprint density at radius 2 is 1.86 bits per heavy atom. The van der Waals surface area contributed by atoms with Gasteiger partial charge < -0.3 is 11.1 Å². The summed E-state index contributed by atoms with van der Waals surface area (Å²) in [6, 6.07) is 9.96. The summed E-state index contributed by atoms with van der Waals surface area (Å²) in [5.41, 5.74) is 7.16. The number of amides is 1. The van der Waals surface area contributed by atoms with Gasteiger partial charge in [0, 0.05) is 18.5 Å². The Morgan fingerprint density at radius 1 is 1.23 bits per heavy atom. The zero-order valence-electron chi connectivity index (χ0n) is 13.6. The van der Waals surface area contributed by atoms with Crippen molar-refractivity contribution in [1.29, 1.82) is 0 Å². The highest BCUT2D eigenvalue weighted by molar-refractivity contribution is 5.85. The first kappa shape index (κ1) is 19.0. The topological polar surface area (TPSA) is 55.1 Å². The van der Waals surface area contributed by atoms with Gasteiger partial charge in [-0.1, -0.05) is 57.0 Å². The summed E-state index contributed by atoms with van der Waals surface area (Å²) in [5.74, 6) is 1.32. The van der Waals surface area contributed by atoms with Crippen LogP contribution < -0.4 is 11.1 Å². The fraction of sp³-hybridized carbons (Fsp3) is 0.611. The van der Waals surface area contributed by atoms with Crippen LogP contribution in [0.4, 0.5) is 0 Å². The molecular formula is C18H29ClN2O. The standard InChI is InChI=1S/C18H28N2O.ClH/c1-13(2)15-10-6-7-11-17(15)20-18(21)12-16(19)14-8-4-3-5-9-14;/h3-5,8-9,13,15-17H,6-7,10-12,19H2,1-2H3,(H,20,21);1H. The Labute approximate surface area is 140 Å². The van der Waals surface area contributed by atoms with Crippen LogP contribution in [0.2, 0.25) is 0 Å². The van der Waals surface area contributed by atoms with Gasteiger partial charge >= 0.3 is 0 Å². The van der Waals surface area contributed by atoms with E-state index in [1.54, 1.807) is 0 Å². The van der Waals surface area contributed by atoms with Crippen LogP contribution in [0.5, 0.6) is 0 Å². The molecule has 1 fully saturated rings. The highest BCUT2D eigenvalue weighted by atomic mass is 35.5. The van der Waals surface area contributed by atoms with Crippen molar-refractivity contribution in [2.45, 2.75) is 58.0 Å². The van der Waals surface area contributed by atoms with E-state index in [2.05, 4.69) is 19.2 Å². The fourth-order valence-corrected chi connectivity index (χ4v) is 3.42. The van der Waals surface area contributed by atoms with Gasteiger partial charge in [-0.2, -0.15) is 0 Å². The molecule has 0 aromatic heterocycles. The molecule has 1 aromatic rings. The van der Waals surface area contributed by atoms with Crippen molar-refractivity contribution in [2.24, 2.45) is 17.6 Å². The Kier molecular flexibility index (Phi) is 7.91. The maximum absolute atomic E-state index is 12.3. The maximum Gasteiger partial charge on any atom is 0.222 e. The number of carbonyl (C=O) groups excluding carboxylic acids is 1. The van der Waals surface area contributed by atoms with Crippen LogP contribution in [-0.4, -0.2) is 11.9 Å². The van der Waals surface area contributed by atoms with Gasteiger partial charge in [0.05, 0.1) is 0 Å². The first-order valence-electron chi connectivity index (χ1n) is 8.18. The van der Waals surface area contributed by atoms with Crippen LogP contribution in [0, 0.1) is 11.8 Å². The summed E-state index contributed by atoms with van der Waals surface area (Å²) >= 11 is 0. The molecule has 124 valence electrons. The van der Waals surface area contributed by atoms with E-state index in [1.165, 1.54) is 19.3 Å². The minimum atomic E-state index is -0.215. The molecule has 0 spiro atoms. The second-order valence-electron chi connectivity index (χ2n) is 6.59. The largest absolute Gasteiger partial charge is 0.353 e. The number of hydrogen-bond acceptors (Lipinski definition) is 2. The molecule has 1 aromatic carbocycles. The van der Waals surface area contributed by atoms with Crippen molar-refractivity contribution < 1.29 is 4.79 Å². The maximum atomic E-state index is 12.3. The second-order valence-corrected chi connectivity index (χ2v) is 6.59. The van der Waals surface area contributed by atoms with Crippen molar-refractivity contribution in [3.63, 3.8) is 0 Å². The molecule has 0 saturated heterocycles. The number of hydrogen-bond donors (Lipinski definition) is 2. The summed E-state index contributed by atoms with van der Waals surface area (Å²) in [5, 5.41) is 3.23. The van der Waals surface area contributed by atoms with Crippen LogP contribution in [-0.2, 0) is 4.79 Å². The minimum Gasteiger partial charge on any atom is -0.353 e. The SMILES string of the molecule is CC(C)C1CCCCC1NC(=O)CC(N)c1ccccc1.Cl. The van der Waals surface area contributed by atoms with Gasteiger partial charge in [0.25, 0.3) is 0 Å². The van der Waals surface area contributed by atoms with Crippen molar-refractivity contribution in [3.8, 4) is 0 Å². The lowest BCUT2D eigenvalue weighted by molar-refractivity contribution is -0.122. The highest BCUT2D eigenvalue weighted by Crippen LogP contribution is 2.30. The lowest BCUT2D eigenvalue weighted by Crippen LogP contribution is -2.44. The molecule has 0 radical (unpaired) electrons. The Hall–Kier alpha value is -1.06. The lowest BCUT2D eigenvalue weighted by atomic mass is 9.78. The highest BCUT2D eigenvalue weighted by Gasteiger charge is 2.28. The molecule has 4 heteroatoms. The number of nitrogens with one attached hydrogen (secondary N) is 1. The van der Waals surface area contributed by atoms with E-state index in [9.17, 15) is 4.79 Å². The molecule has 2 rings (SSSR count). The summed E-state index contributed by atoms with van der Waals surface area (Å²) < 4.78 is 0. The molecular weight excluding hydrogens is 296 g/mol. The van der Waals surface area contributed by atoms with E-state index in [0.717, 1.165) is 12.0 Å². The molecule has 0 heterocycles. The van der Waals surface area contributed by atoms with Gasteiger partial charge in [0.2, 0.25) is 5.91 Å². The second kappa shape index (κ2) is 9.16. The van der Waals surface area contributed by atoms with Gasteiger partial charge in [-0.3, -0.25) is 4.79 Å². The summed E-state index contributed by atoms with van der Waals surface area (Å²) in [7, 11) is 0. The van der Waals surface area contributed by atoms with Gasteiger partial charge in [-0.05, 0) is 30.2 Å². The molecule has 3 nitrogen and oxygen atoms in total. The Bertz CT molecular complexity index is 450. The van der Waals surface area contributed by atoms with E-state index in [4.69, 9.17) is 5.73 Å². The normalized spacial score (nSPS) is 22.7. The first-order valence-corrected chi connectivity index (χ1v) is 8.18. The number of halogens is 1. The van der Waals surface area contributed by atoms with Crippen molar-refractivity contribution in [2.75, 3.05) is 0 Å². The molecule has 1 amide bonds. The van der Waals surface area contributed by atoms with Crippen LogP contribution in [0.3, 0.4) is 0 Å². The molecule has 3 atom stereocenters. The van der Waals surface area contributed by atoms with E-state index in [1.807, 2.05) is 30.3 Å². The van der Waals surface area contributed by atoms with Crippen LogP contribution in [0.25, 0.3) is 0 Å². The third-order valence-corrected chi connectivity index (χ3v) is 4.66. The van der Waals surface area contributed by atoms with Crippen molar-refractivity contribution in [3.05, 3.63) is 35.9 Å². The third-order valence-electron chi connectivity index (χ3n) is 4.66. The predicted octanol–water partition coefficient (Wildman–Crippen LogP) is 3.83. The van der Waals surface area contributed by atoms with Crippen LogP contribution in [0.1, 0.15) is 57.6 Å². The molecule has 3 unspecified atom stereocenters. The van der Waals surface area contributed by atoms with Gasteiger partial charge in [-0.25, -0.2) is 0 Å². The summed E-state index contributed by atoms with van der Waals surface area (Å²) in [4.78, 5) is 12.3. The predicted molar refractivity (Wildman–Crippen MR) is 94.0 cm³/mol. The van der Waals surface area contributed by atoms with Gasteiger partial charge in [0.1, 0.15) is 0 Å². The number of rotatable bonds is 5. The van der Waals surface area contributed by atoms with Gasteiger partial charge in [-0.15, -0.1) is 12.4 Å². The molecule has 1 aliphatic rings. The lowest BCUT2D eigenvalue weighted by Gasteiger charge is -2.35. The van der Waals surface area contributed by atoms with E-state index >= 15 is 0 Å². The zero-order valence-corrected chi connectivity index (χ0v) is 14.4. The summed E-state index contributed by atoms with van der Waals surface area (Å²) in [6.07, 6.45) is 5.21. The van der Waals surface area contributed by atoms with Crippen LogP contribution >= 0.6 is 12.4 Å². The molecule has 22 heavy (non-hydrogen) atoms. The monoisotopic (exact) mass is 324 g/mol. The fourth-order valence-electron chi connectivity index (χ4n) is 3.42. The molecule has 3 N–H and O–H groups in total. The molecule has 1 saturated carbocycles. The average Bonchev–Trinajstić information content (AvgIpc) is 2.48. The van der Waals surface area contributed by atoms with E-state index in [0.29, 0.717) is 24.3 Å². The molecule has 0 aliphatic heterocycles. The van der Waals surface area contributed by atoms with Gasteiger partial charge in [0.15, 0.2) is 0 Å². The average molecular weight is 325 g/mol. The number of benzene rings is 1. The summed E-state index contributed by atoms with van der Waals surface area (Å²) in [6.45, 7) is 4.51. The molecule has 1 aliphatic carbocycles. The Balaban J connectivity index is 0.00000242. The van der Waals surface area contributed by atoms with Crippen molar-refractivity contribution >= 4 is 18.3 Å². The smallest absolute Gasteiger partial charge is 0.222 e. The third kappa shape index (κ3) is 5.29. The number of carbonyl (C=O) groups is 1. The van der Waals surface area contributed by atoms with E-state index in [-0.39, 0.29) is 24.4 Å². The van der Waals surface area contributed by atoms with Crippen LogP contribution in [0.15, 0.2) is 30.3 Å². The zero-order chi connectivity index (χ0) is 15.2. The van der Waals surface area contributed by atoms with E-state index < -0.39 is 0 Å². The first-order chi connectivity index (χ1) is 10.1. The van der Waals surface area contributed by atoms with Crippen molar-refractivity contribution in [1.82, 2.24) is 5.32 Å². The minimum absolute atomic E-state index is 0. The Morgan fingerprint density at radius 3 is 2.50 bits per heavy atom. The molecule has 0 bridgehead atoms. The number of nitrogens with two attached hydrogens (primary N) is 1.